The van der Waals surface area contributed by atoms with Crippen molar-refractivity contribution in [2.24, 2.45) is 5.92 Å². The summed E-state index contributed by atoms with van der Waals surface area (Å²) in [6.45, 7) is 6.74. The SMILES string of the molecule is C[C@@H]1CCN(Cc2ccccc2)C[C@@H]1Nc1c(C#CBr)cnc2c1ccn2COCC[S+](C)C. The van der Waals surface area contributed by atoms with E-state index in [1.807, 2.05) is 6.20 Å². The maximum Gasteiger partial charge on any atom is 0.143 e. The van der Waals surface area contributed by atoms with E-state index < -0.39 is 0 Å². The van der Waals surface area contributed by atoms with Gasteiger partial charge in [-0.3, -0.25) is 4.90 Å². The fourth-order valence-electron chi connectivity index (χ4n) is 4.43. The molecule has 34 heavy (non-hydrogen) atoms. The van der Waals surface area contributed by atoms with E-state index in [-0.39, 0.29) is 0 Å². The second kappa shape index (κ2) is 12.1. The molecule has 5 nitrogen and oxygen atoms in total. The Hall–Kier alpha value is -1.98. The average molecular weight is 543 g/mol. The molecule has 3 heterocycles. The maximum atomic E-state index is 5.92. The Labute approximate surface area is 214 Å². The van der Waals surface area contributed by atoms with Crippen LogP contribution in [0.2, 0.25) is 0 Å². The molecule has 2 atom stereocenters. The van der Waals surface area contributed by atoms with Gasteiger partial charge in [-0.05, 0) is 46.2 Å². The van der Waals surface area contributed by atoms with E-state index in [0.29, 0.717) is 29.6 Å². The molecule has 0 saturated carbocycles. The highest BCUT2D eigenvalue weighted by Crippen LogP contribution is 2.30. The topological polar surface area (TPSA) is 42.3 Å². The molecule has 1 fully saturated rings. The van der Waals surface area contributed by atoms with Crippen molar-refractivity contribution in [1.82, 2.24) is 14.5 Å². The number of anilines is 1. The van der Waals surface area contributed by atoms with Crippen molar-refractivity contribution in [1.29, 1.82) is 0 Å². The molecule has 0 aliphatic carbocycles. The van der Waals surface area contributed by atoms with Crippen LogP contribution in [0.3, 0.4) is 0 Å². The van der Waals surface area contributed by atoms with Gasteiger partial charge in [0.1, 0.15) is 18.1 Å². The van der Waals surface area contributed by atoms with E-state index in [1.165, 1.54) is 12.0 Å². The smallest absolute Gasteiger partial charge is 0.143 e. The van der Waals surface area contributed by atoms with E-state index in [2.05, 4.69) is 103 Å². The van der Waals surface area contributed by atoms with Crippen LogP contribution in [0.5, 0.6) is 0 Å². The Balaban J connectivity index is 1.53. The van der Waals surface area contributed by atoms with Gasteiger partial charge in [-0.15, -0.1) is 0 Å². The van der Waals surface area contributed by atoms with Crippen LogP contribution in [0.15, 0.2) is 48.8 Å². The van der Waals surface area contributed by atoms with Gasteiger partial charge < -0.3 is 14.6 Å². The monoisotopic (exact) mass is 541 g/mol. The zero-order chi connectivity index (χ0) is 23.9. The van der Waals surface area contributed by atoms with Crippen molar-refractivity contribution in [2.75, 3.05) is 43.3 Å². The lowest BCUT2D eigenvalue weighted by Gasteiger charge is -2.38. The number of likely N-dealkylation sites (tertiary alicyclic amines) is 1. The van der Waals surface area contributed by atoms with E-state index in [1.54, 1.807) is 0 Å². The summed E-state index contributed by atoms with van der Waals surface area (Å²) in [5.41, 5.74) is 4.27. The molecule has 0 amide bonds. The van der Waals surface area contributed by atoms with Gasteiger partial charge in [-0.2, -0.15) is 0 Å². The van der Waals surface area contributed by atoms with E-state index >= 15 is 0 Å². The second-order valence-corrected chi connectivity index (χ2v) is 12.0. The third kappa shape index (κ3) is 6.37. The molecule has 1 aliphatic rings. The van der Waals surface area contributed by atoms with Crippen molar-refractivity contribution in [2.45, 2.75) is 32.7 Å². The van der Waals surface area contributed by atoms with Crippen molar-refractivity contribution >= 4 is 43.5 Å². The lowest BCUT2D eigenvalue weighted by atomic mass is 9.92. The number of hydrogen-bond donors (Lipinski definition) is 1. The molecule has 0 unspecified atom stereocenters. The number of pyridine rings is 1. The molecule has 1 N–H and O–H groups in total. The summed E-state index contributed by atoms with van der Waals surface area (Å²) in [5.74, 6) is 4.84. The molecule has 1 aliphatic heterocycles. The third-order valence-corrected chi connectivity index (χ3v) is 7.64. The van der Waals surface area contributed by atoms with Crippen LogP contribution in [0.1, 0.15) is 24.5 Å². The van der Waals surface area contributed by atoms with Crippen LogP contribution in [-0.4, -0.2) is 58.5 Å². The Kier molecular flexibility index (Phi) is 8.96. The molecular weight excluding hydrogens is 508 g/mol. The number of nitrogens with one attached hydrogen (secondary N) is 1. The van der Waals surface area contributed by atoms with Gasteiger partial charge in [0.15, 0.2) is 0 Å². The maximum absolute atomic E-state index is 5.92. The highest BCUT2D eigenvalue weighted by molar-refractivity contribution is 9.12. The van der Waals surface area contributed by atoms with Crippen LogP contribution >= 0.6 is 15.9 Å². The predicted molar refractivity (Wildman–Crippen MR) is 148 cm³/mol. The zero-order valence-corrected chi connectivity index (χ0v) is 22.7. The number of rotatable bonds is 9. The number of fused-ring (bicyclic) bond motifs is 1. The number of benzene rings is 1. The molecular formula is C27H34BrN4OS+. The number of piperidine rings is 1. The molecule has 0 bridgehead atoms. The van der Waals surface area contributed by atoms with Crippen molar-refractivity contribution in [3.8, 4) is 10.8 Å². The Morgan fingerprint density at radius 1 is 1.24 bits per heavy atom. The Morgan fingerprint density at radius 2 is 2.06 bits per heavy atom. The van der Waals surface area contributed by atoms with Gasteiger partial charge in [-0.25, -0.2) is 4.98 Å². The number of hydrogen-bond acceptors (Lipinski definition) is 4. The number of ether oxygens (including phenoxy) is 1. The molecule has 3 aromatic rings. The molecule has 0 radical (unpaired) electrons. The molecule has 1 aromatic carbocycles. The molecule has 2 aromatic heterocycles. The fraction of sp³-hybridized carbons (Fsp3) is 0.444. The predicted octanol–water partition coefficient (Wildman–Crippen LogP) is 4.91. The van der Waals surface area contributed by atoms with Gasteiger partial charge in [0.05, 0.1) is 30.4 Å². The third-order valence-electron chi connectivity index (χ3n) is 6.46. The van der Waals surface area contributed by atoms with Crippen LogP contribution < -0.4 is 5.32 Å². The highest BCUT2D eigenvalue weighted by Gasteiger charge is 2.27. The minimum Gasteiger partial charge on any atom is -0.379 e. The first kappa shape index (κ1) is 25.1. The largest absolute Gasteiger partial charge is 0.379 e. The summed E-state index contributed by atoms with van der Waals surface area (Å²) in [5, 5.41) is 4.97. The van der Waals surface area contributed by atoms with Gasteiger partial charge >= 0.3 is 0 Å². The van der Waals surface area contributed by atoms with Crippen LogP contribution in [0, 0.1) is 16.7 Å². The Bertz CT molecular complexity index is 1140. The summed E-state index contributed by atoms with van der Waals surface area (Å²) in [6, 6.07) is 13.2. The van der Waals surface area contributed by atoms with E-state index in [9.17, 15) is 0 Å². The molecule has 7 heteroatoms. The normalized spacial score (nSPS) is 18.7. The van der Waals surface area contributed by atoms with Crippen LogP contribution in [0.4, 0.5) is 5.69 Å². The quantitative estimate of drug-likeness (QED) is 0.237. The second-order valence-electron chi connectivity index (χ2n) is 9.25. The summed E-state index contributed by atoms with van der Waals surface area (Å²) >= 11 is 3.28. The zero-order valence-electron chi connectivity index (χ0n) is 20.3. The minimum absolute atomic E-state index is 0.338. The van der Waals surface area contributed by atoms with Crippen molar-refractivity contribution in [3.63, 3.8) is 0 Å². The van der Waals surface area contributed by atoms with Crippen molar-refractivity contribution < 1.29 is 4.74 Å². The van der Waals surface area contributed by atoms with Gasteiger partial charge in [0, 0.05) is 52.8 Å². The summed E-state index contributed by atoms with van der Waals surface area (Å²) in [7, 11) is 0.392. The summed E-state index contributed by atoms with van der Waals surface area (Å²) in [4.78, 5) is 10.2. The number of nitrogens with zero attached hydrogens (tertiary/aromatic N) is 3. The average Bonchev–Trinajstić information content (AvgIpc) is 3.24. The van der Waals surface area contributed by atoms with Gasteiger partial charge in [0.2, 0.25) is 0 Å². The highest BCUT2D eigenvalue weighted by atomic mass is 79.9. The molecule has 1 saturated heterocycles. The number of halogens is 1. The van der Waals surface area contributed by atoms with Crippen LogP contribution in [-0.2, 0) is 28.9 Å². The van der Waals surface area contributed by atoms with Gasteiger partial charge in [-0.1, -0.05) is 43.2 Å². The van der Waals surface area contributed by atoms with Gasteiger partial charge in [0.25, 0.3) is 0 Å². The first-order valence-corrected chi connectivity index (χ1v) is 14.8. The van der Waals surface area contributed by atoms with E-state index in [4.69, 9.17) is 9.72 Å². The molecule has 0 spiro atoms. The van der Waals surface area contributed by atoms with Crippen molar-refractivity contribution in [3.05, 3.63) is 59.9 Å². The molecule has 180 valence electrons. The standard InChI is InChI=1S/C27H34BrN4OS/c1-21-10-13-31(18-22-7-5-4-6-8-22)19-25(21)30-26-23(9-12-28)17-29-27-24(26)11-14-32(27)20-33-15-16-34(2)3/h4-8,11,14,17,21,25H,10,13,15-16,18-20H2,1-3H3,(H,29,30)/q+1/t21-,25+/m1/s1. The lowest BCUT2D eigenvalue weighted by Crippen LogP contribution is -2.46. The minimum atomic E-state index is 0.338. The van der Waals surface area contributed by atoms with Crippen LogP contribution in [0.25, 0.3) is 11.0 Å². The first-order valence-electron chi connectivity index (χ1n) is 11.8. The fourth-order valence-corrected chi connectivity index (χ4v) is 5.09. The molecule has 4 rings (SSSR count). The van der Waals surface area contributed by atoms with E-state index in [0.717, 1.165) is 54.3 Å². The summed E-state index contributed by atoms with van der Waals surface area (Å²) in [6.07, 6.45) is 9.60. The number of aromatic nitrogens is 2. The Morgan fingerprint density at radius 3 is 2.82 bits per heavy atom. The first-order chi connectivity index (χ1) is 16.5. The lowest BCUT2D eigenvalue weighted by molar-refractivity contribution is 0.0924. The summed E-state index contributed by atoms with van der Waals surface area (Å²) < 4.78 is 8.00.